The Bertz CT molecular complexity index is 803. The van der Waals surface area contributed by atoms with Crippen LogP contribution in [-0.2, 0) is 4.79 Å². The molecule has 6 nitrogen and oxygen atoms in total. The van der Waals surface area contributed by atoms with Crippen LogP contribution in [-0.4, -0.2) is 37.6 Å². The molecule has 1 aliphatic rings. The van der Waals surface area contributed by atoms with E-state index < -0.39 is 6.04 Å². The number of benzene rings is 1. The standard InChI is InChI=1S/C19H22N2O4S/c1-3-8-20-18(22)12(2)21-19(23)17-7-6-16(26-17)13-4-5-14-15(11-13)25-10-9-24-14/h4-7,11-12H,3,8-10H2,1-2H3,(H,20,22)(H,21,23). The van der Waals surface area contributed by atoms with Crippen molar-refractivity contribution in [2.24, 2.45) is 0 Å². The van der Waals surface area contributed by atoms with Crippen molar-refractivity contribution in [3.63, 3.8) is 0 Å². The number of carbonyl (C=O) groups is 2. The molecule has 0 spiro atoms. The average Bonchev–Trinajstić information content (AvgIpc) is 3.16. The van der Waals surface area contributed by atoms with Gasteiger partial charge in [-0.3, -0.25) is 9.59 Å². The fourth-order valence-corrected chi connectivity index (χ4v) is 3.45. The second kappa shape index (κ2) is 8.23. The van der Waals surface area contributed by atoms with Crippen molar-refractivity contribution in [1.82, 2.24) is 10.6 Å². The molecule has 0 radical (unpaired) electrons. The number of thiophene rings is 1. The maximum atomic E-state index is 12.4. The van der Waals surface area contributed by atoms with Gasteiger partial charge < -0.3 is 20.1 Å². The minimum atomic E-state index is -0.575. The van der Waals surface area contributed by atoms with Crippen LogP contribution >= 0.6 is 11.3 Å². The van der Waals surface area contributed by atoms with Crippen LogP contribution in [0.1, 0.15) is 29.9 Å². The minimum Gasteiger partial charge on any atom is -0.486 e. The first kappa shape index (κ1) is 18.3. The van der Waals surface area contributed by atoms with Crippen molar-refractivity contribution in [2.75, 3.05) is 19.8 Å². The molecule has 138 valence electrons. The van der Waals surface area contributed by atoms with Crippen molar-refractivity contribution in [3.05, 3.63) is 35.2 Å². The van der Waals surface area contributed by atoms with E-state index in [2.05, 4.69) is 10.6 Å². The summed E-state index contributed by atoms with van der Waals surface area (Å²) in [6.07, 6.45) is 0.857. The molecule has 0 saturated carbocycles. The van der Waals surface area contributed by atoms with Crippen molar-refractivity contribution in [2.45, 2.75) is 26.3 Å². The zero-order valence-electron chi connectivity index (χ0n) is 14.8. The molecule has 1 aromatic heterocycles. The van der Waals surface area contributed by atoms with E-state index in [0.29, 0.717) is 24.6 Å². The van der Waals surface area contributed by atoms with Gasteiger partial charge in [-0.1, -0.05) is 6.92 Å². The summed E-state index contributed by atoms with van der Waals surface area (Å²) in [7, 11) is 0. The maximum absolute atomic E-state index is 12.4. The average molecular weight is 374 g/mol. The Kier molecular flexibility index (Phi) is 5.78. The smallest absolute Gasteiger partial charge is 0.262 e. The third kappa shape index (κ3) is 4.16. The van der Waals surface area contributed by atoms with Crippen molar-refractivity contribution in [3.8, 4) is 21.9 Å². The largest absolute Gasteiger partial charge is 0.486 e. The number of nitrogens with one attached hydrogen (secondary N) is 2. The highest BCUT2D eigenvalue weighted by Gasteiger charge is 2.18. The highest BCUT2D eigenvalue weighted by atomic mass is 32.1. The third-order valence-electron chi connectivity index (χ3n) is 3.95. The number of rotatable bonds is 6. The van der Waals surface area contributed by atoms with Gasteiger partial charge in [0.1, 0.15) is 19.3 Å². The van der Waals surface area contributed by atoms with Gasteiger partial charge in [-0.05, 0) is 49.2 Å². The summed E-state index contributed by atoms with van der Waals surface area (Å²) in [4.78, 5) is 25.8. The van der Waals surface area contributed by atoms with E-state index in [-0.39, 0.29) is 11.8 Å². The molecule has 2 amide bonds. The highest BCUT2D eigenvalue weighted by Crippen LogP contribution is 2.36. The Hall–Kier alpha value is -2.54. The number of ether oxygens (including phenoxy) is 2. The van der Waals surface area contributed by atoms with Gasteiger partial charge in [0.25, 0.3) is 5.91 Å². The molecule has 1 atom stereocenters. The summed E-state index contributed by atoms with van der Waals surface area (Å²) < 4.78 is 11.1. The van der Waals surface area contributed by atoms with E-state index in [1.807, 2.05) is 31.2 Å². The van der Waals surface area contributed by atoms with Gasteiger partial charge in [-0.2, -0.15) is 0 Å². The Morgan fingerprint density at radius 2 is 1.92 bits per heavy atom. The maximum Gasteiger partial charge on any atom is 0.262 e. The van der Waals surface area contributed by atoms with Crippen LogP contribution in [0.2, 0.25) is 0 Å². The van der Waals surface area contributed by atoms with Gasteiger partial charge in [0.15, 0.2) is 11.5 Å². The molecule has 3 rings (SSSR count). The first-order chi connectivity index (χ1) is 12.6. The normalized spacial score (nSPS) is 13.8. The summed E-state index contributed by atoms with van der Waals surface area (Å²) in [5, 5.41) is 5.51. The zero-order chi connectivity index (χ0) is 18.5. The van der Waals surface area contributed by atoms with E-state index >= 15 is 0 Å². The molecule has 0 bridgehead atoms. The van der Waals surface area contributed by atoms with Gasteiger partial charge in [0.2, 0.25) is 5.91 Å². The fraction of sp³-hybridized carbons (Fsp3) is 0.368. The second-order valence-corrected chi connectivity index (χ2v) is 7.09. The summed E-state index contributed by atoms with van der Waals surface area (Å²) >= 11 is 1.38. The highest BCUT2D eigenvalue weighted by molar-refractivity contribution is 7.17. The number of amides is 2. The van der Waals surface area contributed by atoms with E-state index in [1.165, 1.54) is 11.3 Å². The van der Waals surface area contributed by atoms with Crippen LogP contribution in [0, 0.1) is 0 Å². The van der Waals surface area contributed by atoms with Gasteiger partial charge in [0, 0.05) is 11.4 Å². The van der Waals surface area contributed by atoms with Gasteiger partial charge in [0.05, 0.1) is 4.88 Å². The summed E-state index contributed by atoms with van der Waals surface area (Å²) in [5.41, 5.74) is 0.965. The van der Waals surface area contributed by atoms with Gasteiger partial charge >= 0.3 is 0 Å². The van der Waals surface area contributed by atoms with Gasteiger partial charge in [-0.25, -0.2) is 0 Å². The molecular weight excluding hydrogens is 352 g/mol. The lowest BCUT2D eigenvalue weighted by atomic mass is 10.1. The van der Waals surface area contributed by atoms with E-state index in [0.717, 1.165) is 28.4 Å². The predicted molar refractivity (Wildman–Crippen MR) is 101 cm³/mol. The molecule has 0 aliphatic carbocycles. The van der Waals surface area contributed by atoms with Crippen molar-refractivity contribution in [1.29, 1.82) is 0 Å². The topological polar surface area (TPSA) is 76.7 Å². The Morgan fingerprint density at radius 3 is 2.69 bits per heavy atom. The van der Waals surface area contributed by atoms with Crippen LogP contribution in [0.5, 0.6) is 11.5 Å². The van der Waals surface area contributed by atoms with Crippen molar-refractivity contribution < 1.29 is 19.1 Å². The molecule has 1 aliphatic heterocycles. The molecule has 2 N–H and O–H groups in total. The summed E-state index contributed by atoms with van der Waals surface area (Å²) in [6.45, 7) is 5.35. The number of hydrogen-bond acceptors (Lipinski definition) is 5. The van der Waals surface area contributed by atoms with E-state index in [9.17, 15) is 9.59 Å². The molecule has 1 unspecified atom stereocenters. The number of hydrogen-bond donors (Lipinski definition) is 2. The molecular formula is C19H22N2O4S. The molecule has 0 fully saturated rings. The monoisotopic (exact) mass is 374 g/mol. The van der Waals surface area contributed by atoms with E-state index in [4.69, 9.17) is 9.47 Å². The first-order valence-electron chi connectivity index (χ1n) is 8.67. The number of fused-ring (bicyclic) bond motifs is 1. The molecule has 26 heavy (non-hydrogen) atoms. The molecule has 7 heteroatoms. The molecule has 1 aromatic carbocycles. The molecule has 2 aromatic rings. The fourth-order valence-electron chi connectivity index (χ4n) is 2.55. The molecule has 2 heterocycles. The molecule has 0 saturated heterocycles. The summed E-state index contributed by atoms with van der Waals surface area (Å²) in [5.74, 6) is 1.03. The SMILES string of the molecule is CCCNC(=O)C(C)NC(=O)c1ccc(-c2ccc3c(c2)OCCO3)s1. The second-order valence-electron chi connectivity index (χ2n) is 6.01. The van der Waals surface area contributed by atoms with Crippen LogP contribution in [0.25, 0.3) is 10.4 Å². The summed E-state index contributed by atoms with van der Waals surface area (Å²) in [6, 6.07) is 8.83. The lowest BCUT2D eigenvalue weighted by Crippen LogP contribution is -2.44. The van der Waals surface area contributed by atoms with E-state index in [1.54, 1.807) is 13.0 Å². The third-order valence-corrected chi connectivity index (χ3v) is 5.08. The quantitative estimate of drug-likeness (QED) is 0.815. The minimum absolute atomic E-state index is 0.177. The Balaban J connectivity index is 1.67. The zero-order valence-corrected chi connectivity index (χ0v) is 15.7. The van der Waals surface area contributed by atoms with Crippen LogP contribution < -0.4 is 20.1 Å². The van der Waals surface area contributed by atoms with Crippen LogP contribution in [0.3, 0.4) is 0 Å². The first-order valence-corrected chi connectivity index (χ1v) is 9.48. The predicted octanol–water partition coefficient (Wildman–Crippen LogP) is 2.83. The van der Waals surface area contributed by atoms with Crippen LogP contribution in [0.15, 0.2) is 30.3 Å². The van der Waals surface area contributed by atoms with Crippen LogP contribution in [0.4, 0.5) is 0 Å². The van der Waals surface area contributed by atoms with Gasteiger partial charge in [-0.15, -0.1) is 11.3 Å². The number of carbonyl (C=O) groups excluding carboxylic acids is 2. The lowest BCUT2D eigenvalue weighted by molar-refractivity contribution is -0.122. The Labute approximate surface area is 156 Å². The lowest BCUT2D eigenvalue weighted by Gasteiger charge is -2.18. The Morgan fingerprint density at radius 1 is 1.15 bits per heavy atom. The van der Waals surface area contributed by atoms with Crippen molar-refractivity contribution >= 4 is 23.2 Å².